The molecule has 31 heavy (non-hydrogen) atoms. The molecule has 0 saturated carbocycles. The Morgan fingerprint density at radius 2 is 2.10 bits per heavy atom. The van der Waals surface area contributed by atoms with E-state index in [4.69, 9.17) is 19.4 Å². The molecule has 3 heterocycles. The van der Waals surface area contributed by atoms with Crippen molar-refractivity contribution in [3.63, 3.8) is 0 Å². The molecule has 0 unspecified atom stereocenters. The van der Waals surface area contributed by atoms with Crippen LogP contribution in [0.15, 0.2) is 0 Å². The van der Waals surface area contributed by atoms with Crippen LogP contribution >= 0.6 is 11.3 Å². The van der Waals surface area contributed by atoms with E-state index in [1.165, 1.54) is 29.4 Å². The minimum absolute atomic E-state index is 0.127. The van der Waals surface area contributed by atoms with Crippen LogP contribution in [0.4, 0.5) is 5.82 Å². The fraction of sp³-hybridized carbons (Fsp3) is 0.696. The lowest BCUT2D eigenvalue weighted by Gasteiger charge is -2.26. The third-order valence-corrected chi connectivity index (χ3v) is 7.40. The van der Waals surface area contributed by atoms with Crippen LogP contribution in [-0.2, 0) is 33.7 Å². The lowest BCUT2D eigenvalue weighted by atomic mass is 9.89. The van der Waals surface area contributed by atoms with Crippen molar-refractivity contribution in [2.24, 2.45) is 5.92 Å². The number of fused-ring (bicyclic) bond motifs is 3. The van der Waals surface area contributed by atoms with E-state index in [1.807, 2.05) is 11.3 Å². The number of thiophene rings is 1. The maximum atomic E-state index is 11.3. The van der Waals surface area contributed by atoms with Crippen LogP contribution in [0.25, 0.3) is 10.2 Å². The number of nitrogens with zero attached hydrogens (tertiary/aromatic N) is 3. The first-order valence-corrected chi connectivity index (χ1v) is 12.4. The number of rotatable bonds is 9. The van der Waals surface area contributed by atoms with Crippen molar-refractivity contribution >= 4 is 33.3 Å². The van der Waals surface area contributed by atoms with Gasteiger partial charge < -0.3 is 14.8 Å². The van der Waals surface area contributed by atoms with E-state index in [-0.39, 0.29) is 5.97 Å². The Morgan fingerprint density at radius 1 is 1.26 bits per heavy atom. The molecule has 8 heteroatoms. The molecule has 7 nitrogen and oxygen atoms in total. The number of unbranched alkanes of at least 4 members (excludes halogenated alkanes) is 2. The van der Waals surface area contributed by atoms with Crippen LogP contribution in [0.2, 0.25) is 0 Å². The fourth-order valence-electron chi connectivity index (χ4n) is 4.42. The summed E-state index contributed by atoms with van der Waals surface area (Å²) in [6.07, 6.45) is 6.87. The number of aryl methyl sites for hydroxylation is 1. The molecule has 1 saturated heterocycles. The third-order valence-electron chi connectivity index (χ3n) is 6.25. The lowest BCUT2D eigenvalue weighted by Crippen LogP contribution is -2.36. The largest absolute Gasteiger partial charge is 0.469 e. The van der Waals surface area contributed by atoms with Crippen LogP contribution in [0, 0.1) is 5.92 Å². The molecule has 1 aliphatic carbocycles. The fourth-order valence-corrected chi connectivity index (χ4v) is 5.83. The Kier molecular flexibility index (Phi) is 7.74. The Labute approximate surface area is 188 Å². The molecule has 2 aliphatic rings. The van der Waals surface area contributed by atoms with Crippen molar-refractivity contribution in [3.8, 4) is 0 Å². The zero-order valence-corrected chi connectivity index (χ0v) is 19.6. The van der Waals surface area contributed by atoms with E-state index in [0.717, 1.165) is 93.9 Å². The molecule has 0 amide bonds. The normalized spacial score (nSPS) is 19.4. The molecule has 0 spiro atoms. The SMILES string of the molecule is COC(=O)CCCCCNc1nc(CN2CCOCC2)nc2sc3c(c12)CC[C@@H](C)C3. The van der Waals surface area contributed by atoms with Gasteiger partial charge in [0.25, 0.3) is 0 Å². The topological polar surface area (TPSA) is 76.6 Å². The maximum Gasteiger partial charge on any atom is 0.305 e. The van der Waals surface area contributed by atoms with E-state index in [9.17, 15) is 4.79 Å². The number of nitrogens with one attached hydrogen (secondary N) is 1. The number of ether oxygens (including phenoxy) is 2. The van der Waals surface area contributed by atoms with Gasteiger partial charge in [0.15, 0.2) is 0 Å². The molecule has 0 radical (unpaired) electrons. The second-order valence-electron chi connectivity index (χ2n) is 8.72. The van der Waals surface area contributed by atoms with E-state index >= 15 is 0 Å². The smallest absolute Gasteiger partial charge is 0.305 e. The third kappa shape index (κ3) is 5.73. The molecule has 1 fully saturated rings. The van der Waals surface area contributed by atoms with Gasteiger partial charge in [-0.1, -0.05) is 13.3 Å². The molecule has 1 aliphatic heterocycles. The maximum absolute atomic E-state index is 11.3. The van der Waals surface area contributed by atoms with Gasteiger partial charge in [-0.3, -0.25) is 9.69 Å². The first kappa shape index (κ1) is 22.4. The van der Waals surface area contributed by atoms with Gasteiger partial charge in [0.2, 0.25) is 0 Å². The summed E-state index contributed by atoms with van der Waals surface area (Å²) < 4.78 is 10.2. The number of hydrogen-bond acceptors (Lipinski definition) is 8. The standard InChI is InChI=1S/C23H34N4O3S/c1-16-7-8-17-18(14-16)31-23-21(17)22(24-9-5-3-4-6-20(28)29-2)25-19(26-23)15-27-10-12-30-13-11-27/h16H,3-15H2,1-2H3,(H,24,25,26)/t16-/m1/s1. The van der Waals surface area contributed by atoms with Crippen molar-refractivity contribution in [2.75, 3.05) is 45.3 Å². The molecular formula is C23H34N4O3S. The van der Waals surface area contributed by atoms with Crippen molar-refractivity contribution in [2.45, 2.75) is 58.4 Å². The van der Waals surface area contributed by atoms with E-state index in [2.05, 4.69) is 17.1 Å². The molecule has 2 aromatic heterocycles. The quantitative estimate of drug-likeness (QED) is 0.464. The highest BCUT2D eigenvalue weighted by molar-refractivity contribution is 7.19. The molecule has 2 aromatic rings. The van der Waals surface area contributed by atoms with Gasteiger partial charge in [0.1, 0.15) is 16.5 Å². The molecule has 1 N–H and O–H groups in total. The highest BCUT2D eigenvalue weighted by atomic mass is 32.1. The Bertz CT molecular complexity index is 895. The van der Waals surface area contributed by atoms with Gasteiger partial charge in [-0.05, 0) is 43.6 Å². The monoisotopic (exact) mass is 446 g/mol. The Balaban J connectivity index is 1.48. The van der Waals surface area contributed by atoms with E-state index in [1.54, 1.807) is 0 Å². The van der Waals surface area contributed by atoms with Crippen molar-refractivity contribution in [1.82, 2.24) is 14.9 Å². The molecule has 0 aromatic carbocycles. The van der Waals surface area contributed by atoms with Gasteiger partial charge in [-0.2, -0.15) is 0 Å². The summed E-state index contributed by atoms with van der Waals surface area (Å²) in [5, 5.41) is 4.85. The van der Waals surface area contributed by atoms with Crippen LogP contribution in [-0.4, -0.2) is 60.8 Å². The highest BCUT2D eigenvalue weighted by Crippen LogP contribution is 2.40. The number of methoxy groups -OCH3 is 1. The van der Waals surface area contributed by atoms with Crippen LogP contribution in [0.5, 0.6) is 0 Å². The van der Waals surface area contributed by atoms with Crippen LogP contribution < -0.4 is 5.32 Å². The Hall–Kier alpha value is -1.77. The summed E-state index contributed by atoms with van der Waals surface area (Å²) in [4.78, 5) is 26.2. The summed E-state index contributed by atoms with van der Waals surface area (Å²) in [5.74, 6) is 2.51. The summed E-state index contributed by atoms with van der Waals surface area (Å²) in [6.45, 7) is 7.40. The summed E-state index contributed by atoms with van der Waals surface area (Å²) in [7, 11) is 1.45. The van der Waals surface area contributed by atoms with Gasteiger partial charge >= 0.3 is 5.97 Å². The number of anilines is 1. The minimum atomic E-state index is -0.127. The van der Waals surface area contributed by atoms with Gasteiger partial charge in [-0.15, -0.1) is 11.3 Å². The van der Waals surface area contributed by atoms with E-state index in [0.29, 0.717) is 6.42 Å². The molecule has 170 valence electrons. The van der Waals surface area contributed by atoms with Crippen molar-refractivity contribution in [3.05, 3.63) is 16.3 Å². The number of esters is 1. The Morgan fingerprint density at radius 3 is 2.90 bits per heavy atom. The average Bonchev–Trinajstić information content (AvgIpc) is 3.13. The number of aromatic nitrogens is 2. The molecule has 1 atom stereocenters. The molecule has 4 rings (SSSR count). The first-order valence-electron chi connectivity index (χ1n) is 11.6. The average molecular weight is 447 g/mol. The number of carbonyl (C=O) groups excluding carboxylic acids is 1. The second-order valence-corrected chi connectivity index (χ2v) is 9.81. The first-order chi connectivity index (χ1) is 15.1. The minimum Gasteiger partial charge on any atom is -0.469 e. The summed E-state index contributed by atoms with van der Waals surface area (Å²) in [6, 6.07) is 0. The zero-order chi connectivity index (χ0) is 21.6. The summed E-state index contributed by atoms with van der Waals surface area (Å²) >= 11 is 1.86. The number of carbonyl (C=O) groups is 1. The van der Waals surface area contributed by atoms with Gasteiger partial charge in [0, 0.05) is 30.9 Å². The lowest BCUT2D eigenvalue weighted by molar-refractivity contribution is -0.140. The molecule has 0 bridgehead atoms. The predicted molar refractivity (Wildman–Crippen MR) is 124 cm³/mol. The van der Waals surface area contributed by atoms with Gasteiger partial charge in [-0.25, -0.2) is 9.97 Å². The highest BCUT2D eigenvalue weighted by Gasteiger charge is 2.24. The van der Waals surface area contributed by atoms with Crippen molar-refractivity contribution in [1.29, 1.82) is 0 Å². The van der Waals surface area contributed by atoms with Crippen molar-refractivity contribution < 1.29 is 14.3 Å². The summed E-state index contributed by atoms with van der Waals surface area (Å²) in [5.41, 5.74) is 1.46. The van der Waals surface area contributed by atoms with Gasteiger partial charge in [0.05, 0.1) is 32.3 Å². The molecular weight excluding hydrogens is 412 g/mol. The van der Waals surface area contributed by atoms with Crippen LogP contribution in [0.3, 0.4) is 0 Å². The number of morpholine rings is 1. The number of hydrogen-bond donors (Lipinski definition) is 1. The predicted octanol–water partition coefficient (Wildman–Crippen LogP) is 3.79. The van der Waals surface area contributed by atoms with Crippen LogP contribution in [0.1, 0.15) is 55.3 Å². The zero-order valence-electron chi connectivity index (χ0n) is 18.7. The second kappa shape index (κ2) is 10.7. The van der Waals surface area contributed by atoms with E-state index < -0.39 is 0 Å².